The highest BCUT2D eigenvalue weighted by molar-refractivity contribution is 5.60. The first kappa shape index (κ1) is 12.4. The van der Waals surface area contributed by atoms with Crippen LogP contribution >= 0.6 is 0 Å². The highest BCUT2D eigenvalue weighted by Crippen LogP contribution is 2.35. The largest absolute Gasteiger partial charge is 0.305 e. The molecule has 4 heteroatoms. The van der Waals surface area contributed by atoms with E-state index in [1.807, 2.05) is 18.2 Å². The van der Waals surface area contributed by atoms with Crippen LogP contribution in [0, 0.1) is 0 Å². The second-order valence-electron chi connectivity index (χ2n) is 5.33. The molecule has 0 radical (unpaired) electrons. The van der Waals surface area contributed by atoms with Crippen molar-refractivity contribution in [1.29, 1.82) is 0 Å². The summed E-state index contributed by atoms with van der Waals surface area (Å²) >= 11 is 0. The van der Waals surface area contributed by atoms with Crippen LogP contribution in [0.25, 0.3) is 11.3 Å². The fourth-order valence-electron chi connectivity index (χ4n) is 2.73. The molecule has 1 aliphatic rings. The Morgan fingerprint density at radius 1 is 1.21 bits per heavy atom. The zero-order valence-corrected chi connectivity index (χ0v) is 11.3. The van der Waals surface area contributed by atoms with Gasteiger partial charge in [-0.1, -0.05) is 37.3 Å². The van der Waals surface area contributed by atoms with E-state index in [9.17, 15) is 0 Å². The van der Waals surface area contributed by atoms with E-state index in [2.05, 4.69) is 39.8 Å². The summed E-state index contributed by atoms with van der Waals surface area (Å²) in [4.78, 5) is 0. The molecule has 2 aromatic rings. The maximum atomic E-state index is 4.29. The minimum absolute atomic E-state index is 0.340. The normalized spacial score (nSPS) is 17.1. The van der Waals surface area contributed by atoms with E-state index in [1.54, 1.807) is 0 Å². The molecule has 1 aliphatic carbocycles. The highest BCUT2D eigenvalue weighted by Gasteiger charge is 2.34. The van der Waals surface area contributed by atoms with E-state index in [1.165, 1.54) is 25.7 Å². The van der Waals surface area contributed by atoms with Gasteiger partial charge in [-0.3, -0.25) is 0 Å². The SMILES string of the molecule is CCC1(NCc2n[nH]nc2-c2ccccc2)CCC1. The van der Waals surface area contributed by atoms with Crippen molar-refractivity contribution in [3.63, 3.8) is 0 Å². The van der Waals surface area contributed by atoms with Crippen LogP contribution in [0.1, 0.15) is 38.3 Å². The Balaban J connectivity index is 1.74. The van der Waals surface area contributed by atoms with Gasteiger partial charge in [0.15, 0.2) is 0 Å². The van der Waals surface area contributed by atoms with Crippen LogP contribution in [0.4, 0.5) is 0 Å². The van der Waals surface area contributed by atoms with Crippen molar-refractivity contribution >= 4 is 0 Å². The van der Waals surface area contributed by atoms with Gasteiger partial charge in [0.1, 0.15) is 11.4 Å². The number of nitrogens with zero attached hydrogens (tertiary/aromatic N) is 2. The molecular weight excluding hydrogens is 236 g/mol. The predicted molar refractivity (Wildman–Crippen MR) is 75.5 cm³/mol. The van der Waals surface area contributed by atoms with Crippen molar-refractivity contribution in [2.75, 3.05) is 0 Å². The van der Waals surface area contributed by atoms with E-state index in [0.29, 0.717) is 5.54 Å². The molecule has 1 aromatic carbocycles. The van der Waals surface area contributed by atoms with E-state index in [4.69, 9.17) is 0 Å². The van der Waals surface area contributed by atoms with Crippen molar-refractivity contribution in [1.82, 2.24) is 20.7 Å². The zero-order chi connectivity index (χ0) is 13.1. The number of aromatic nitrogens is 3. The molecule has 1 fully saturated rings. The molecule has 0 atom stereocenters. The zero-order valence-electron chi connectivity index (χ0n) is 11.3. The lowest BCUT2D eigenvalue weighted by Crippen LogP contribution is -2.49. The van der Waals surface area contributed by atoms with Crippen LogP contribution < -0.4 is 5.32 Å². The first-order valence-electron chi connectivity index (χ1n) is 7.03. The first-order valence-corrected chi connectivity index (χ1v) is 7.03. The highest BCUT2D eigenvalue weighted by atomic mass is 15.3. The molecule has 2 N–H and O–H groups in total. The molecule has 0 unspecified atom stereocenters. The van der Waals surface area contributed by atoms with Gasteiger partial charge in [-0.2, -0.15) is 15.4 Å². The average molecular weight is 256 g/mol. The van der Waals surface area contributed by atoms with Gasteiger partial charge in [-0.15, -0.1) is 0 Å². The minimum atomic E-state index is 0.340. The third kappa shape index (κ3) is 2.40. The number of H-pyrrole nitrogens is 1. The van der Waals surface area contributed by atoms with E-state index >= 15 is 0 Å². The predicted octanol–water partition coefficient (Wildman–Crippen LogP) is 2.89. The van der Waals surface area contributed by atoms with Crippen molar-refractivity contribution in [3.8, 4) is 11.3 Å². The summed E-state index contributed by atoms with van der Waals surface area (Å²) in [7, 11) is 0. The van der Waals surface area contributed by atoms with Gasteiger partial charge in [0.2, 0.25) is 0 Å². The Morgan fingerprint density at radius 2 is 2.00 bits per heavy atom. The summed E-state index contributed by atoms with van der Waals surface area (Å²) in [5, 5.41) is 15.0. The lowest BCUT2D eigenvalue weighted by atomic mass is 9.75. The van der Waals surface area contributed by atoms with Gasteiger partial charge in [0, 0.05) is 17.6 Å². The van der Waals surface area contributed by atoms with Gasteiger partial charge < -0.3 is 5.32 Å². The average Bonchev–Trinajstić information content (AvgIpc) is 2.87. The van der Waals surface area contributed by atoms with Crippen molar-refractivity contribution in [2.24, 2.45) is 0 Å². The van der Waals surface area contributed by atoms with Gasteiger partial charge in [-0.05, 0) is 25.7 Å². The summed E-state index contributed by atoms with van der Waals surface area (Å²) < 4.78 is 0. The number of benzene rings is 1. The summed E-state index contributed by atoms with van der Waals surface area (Å²) in [6, 6.07) is 10.2. The maximum Gasteiger partial charge on any atom is 0.117 e. The second-order valence-corrected chi connectivity index (χ2v) is 5.33. The van der Waals surface area contributed by atoms with Gasteiger partial charge >= 0.3 is 0 Å². The number of nitrogens with one attached hydrogen (secondary N) is 2. The van der Waals surface area contributed by atoms with Crippen LogP contribution in [-0.4, -0.2) is 20.9 Å². The van der Waals surface area contributed by atoms with E-state index in [0.717, 1.165) is 23.5 Å². The lowest BCUT2D eigenvalue weighted by molar-refractivity contribution is 0.175. The molecule has 1 aromatic heterocycles. The van der Waals surface area contributed by atoms with Crippen molar-refractivity contribution < 1.29 is 0 Å². The molecule has 4 nitrogen and oxygen atoms in total. The molecule has 0 amide bonds. The molecule has 0 bridgehead atoms. The van der Waals surface area contributed by atoms with E-state index < -0.39 is 0 Å². The molecule has 1 heterocycles. The maximum absolute atomic E-state index is 4.29. The van der Waals surface area contributed by atoms with E-state index in [-0.39, 0.29) is 0 Å². The fourth-order valence-corrected chi connectivity index (χ4v) is 2.73. The monoisotopic (exact) mass is 256 g/mol. The second kappa shape index (κ2) is 5.13. The quantitative estimate of drug-likeness (QED) is 0.865. The minimum Gasteiger partial charge on any atom is -0.305 e. The lowest BCUT2D eigenvalue weighted by Gasteiger charge is -2.42. The smallest absolute Gasteiger partial charge is 0.117 e. The number of hydrogen-bond acceptors (Lipinski definition) is 3. The molecule has 0 spiro atoms. The Bertz CT molecular complexity index is 523. The molecular formula is C15H20N4. The third-order valence-corrected chi connectivity index (χ3v) is 4.29. The molecule has 19 heavy (non-hydrogen) atoms. The van der Waals surface area contributed by atoms with Crippen LogP contribution in [0.15, 0.2) is 30.3 Å². The third-order valence-electron chi connectivity index (χ3n) is 4.29. The summed E-state index contributed by atoms with van der Waals surface area (Å²) in [6.45, 7) is 3.04. The molecule has 0 aliphatic heterocycles. The van der Waals surface area contributed by atoms with Gasteiger partial charge in [0.05, 0.1) is 0 Å². The van der Waals surface area contributed by atoms with Crippen LogP contribution in [0.2, 0.25) is 0 Å². The summed E-state index contributed by atoms with van der Waals surface area (Å²) in [5.41, 5.74) is 3.42. The van der Waals surface area contributed by atoms with Crippen molar-refractivity contribution in [2.45, 2.75) is 44.7 Å². The Morgan fingerprint density at radius 3 is 2.63 bits per heavy atom. The topological polar surface area (TPSA) is 53.6 Å². The first-order chi connectivity index (χ1) is 9.33. The standard InChI is InChI=1S/C15H20N4/c1-2-15(9-6-10-15)16-11-13-14(18-19-17-13)12-7-4-3-5-8-12/h3-5,7-8,16H,2,6,9-11H2,1H3,(H,17,18,19). The molecule has 100 valence electrons. The van der Waals surface area contributed by atoms with Crippen LogP contribution in [0.5, 0.6) is 0 Å². The Labute approximate surface area is 113 Å². The molecule has 0 saturated heterocycles. The number of rotatable bonds is 5. The molecule has 3 rings (SSSR count). The van der Waals surface area contributed by atoms with Crippen molar-refractivity contribution in [3.05, 3.63) is 36.0 Å². The Kier molecular flexibility index (Phi) is 3.34. The number of hydrogen-bond donors (Lipinski definition) is 2. The van der Waals surface area contributed by atoms with Gasteiger partial charge in [0.25, 0.3) is 0 Å². The summed E-state index contributed by atoms with van der Waals surface area (Å²) in [5.74, 6) is 0. The summed E-state index contributed by atoms with van der Waals surface area (Å²) in [6.07, 6.45) is 5.08. The van der Waals surface area contributed by atoms with Crippen LogP contribution in [-0.2, 0) is 6.54 Å². The van der Waals surface area contributed by atoms with Gasteiger partial charge in [-0.25, -0.2) is 0 Å². The Hall–Kier alpha value is -1.68. The molecule has 1 saturated carbocycles. The number of aromatic amines is 1. The van der Waals surface area contributed by atoms with Crippen LogP contribution in [0.3, 0.4) is 0 Å². The fraction of sp³-hybridized carbons (Fsp3) is 0.467.